The summed E-state index contributed by atoms with van der Waals surface area (Å²) in [7, 11) is 0. The van der Waals surface area contributed by atoms with Crippen LogP contribution in [0.5, 0.6) is 5.75 Å². The third-order valence-electron chi connectivity index (χ3n) is 4.04. The maximum absolute atomic E-state index is 12.4. The summed E-state index contributed by atoms with van der Waals surface area (Å²) in [6.07, 6.45) is 5.32. The van der Waals surface area contributed by atoms with E-state index < -0.39 is 5.54 Å². The van der Waals surface area contributed by atoms with Crippen LogP contribution in [-0.4, -0.2) is 27.6 Å². The van der Waals surface area contributed by atoms with Crippen LogP contribution in [0.4, 0.5) is 0 Å². The molecule has 21 heavy (non-hydrogen) atoms. The van der Waals surface area contributed by atoms with E-state index in [-0.39, 0.29) is 17.5 Å². The lowest BCUT2D eigenvalue weighted by atomic mass is 9.88. The third-order valence-corrected chi connectivity index (χ3v) is 4.04. The molecule has 6 heteroatoms. The minimum Gasteiger partial charge on any atom is -0.508 e. The van der Waals surface area contributed by atoms with Gasteiger partial charge >= 0.3 is 0 Å². The molecule has 0 spiro atoms. The van der Waals surface area contributed by atoms with Crippen LogP contribution in [0, 0.1) is 0 Å². The van der Waals surface area contributed by atoms with E-state index in [1.165, 1.54) is 12.1 Å². The quantitative estimate of drug-likeness (QED) is 0.224. The molecule has 0 heterocycles. The highest BCUT2D eigenvalue weighted by Crippen LogP contribution is 2.28. The molecule has 0 atom stereocenters. The number of aromatic hydroxyl groups is 1. The number of amides is 1. The molecule has 1 fully saturated rings. The summed E-state index contributed by atoms with van der Waals surface area (Å²) in [5, 5.41) is 24.4. The zero-order valence-electron chi connectivity index (χ0n) is 11.9. The molecule has 0 radical (unpaired) electrons. The fourth-order valence-electron chi connectivity index (χ4n) is 2.78. The Hall–Kier alpha value is -2.24. The molecule has 6 nitrogen and oxygen atoms in total. The number of amidine groups is 1. The number of nitrogens with zero attached hydrogens (tertiary/aromatic N) is 1. The Morgan fingerprint density at radius 2 is 1.71 bits per heavy atom. The summed E-state index contributed by atoms with van der Waals surface area (Å²) in [6.45, 7) is 0. The number of nitrogens with one attached hydrogen (secondary N) is 1. The van der Waals surface area contributed by atoms with Crippen LogP contribution in [0.25, 0.3) is 0 Å². The number of carbonyl (C=O) groups is 1. The maximum atomic E-state index is 12.4. The van der Waals surface area contributed by atoms with E-state index in [1.807, 2.05) is 0 Å². The van der Waals surface area contributed by atoms with Crippen LogP contribution in [0.3, 0.4) is 0 Å². The largest absolute Gasteiger partial charge is 0.508 e. The predicted octanol–water partition coefficient (Wildman–Crippen LogP) is 1.96. The number of hydrogen-bond acceptors (Lipinski definition) is 4. The second-order valence-corrected chi connectivity index (χ2v) is 5.48. The van der Waals surface area contributed by atoms with Crippen molar-refractivity contribution in [3.05, 3.63) is 29.8 Å². The lowest BCUT2D eigenvalue weighted by molar-refractivity contribution is 0.0915. The molecule has 114 valence electrons. The van der Waals surface area contributed by atoms with E-state index in [1.54, 1.807) is 12.1 Å². The van der Waals surface area contributed by atoms with Gasteiger partial charge in [0.15, 0.2) is 5.84 Å². The highest BCUT2D eigenvalue weighted by atomic mass is 16.4. The second kappa shape index (κ2) is 6.47. The van der Waals surface area contributed by atoms with Gasteiger partial charge in [-0.25, -0.2) is 0 Å². The van der Waals surface area contributed by atoms with Crippen molar-refractivity contribution in [2.24, 2.45) is 10.9 Å². The summed E-state index contributed by atoms with van der Waals surface area (Å²) in [6, 6.07) is 6.00. The molecule has 0 unspecified atom stereocenters. The molecular weight excluding hydrogens is 270 g/mol. The number of hydrogen-bond donors (Lipinski definition) is 4. The molecule has 1 aliphatic carbocycles. The van der Waals surface area contributed by atoms with Gasteiger partial charge in [0.25, 0.3) is 5.91 Å². The van der Waals surface area contributed by atoms with Gasteiger partial charge in [0.05, 0.1) is 0 Å². The normalized spacial score (nSPS) is 18.8. The molecule has 5 N–H and O–H groups in total. The van der Waals surface area contributed by atoms with E-state index in [0.717, 1.165) is 25.7 Å². The monoisotopic (exact) mass is 291 g/mol. The molecule has 0 saturated heterocycles. The molecule has 1 amide bonds. The Labute approximate surface area is 123 Å². The number of phenols is 1. The van der Waals surface area contributed by atoms with E-state index in [9.17, 15) is 9.90 Å². The van der Waals surface area contributed by atoms with E-state index in [0.29, 0.717) is 18.4 Å². The summed E-state index contributed by atoms with van der Waals surface area (Å²) in [4.78, 5) is 12.4. The minimum atomic E-state index is -0.791. The molecule has 1 aliphatic rings. The highest BCUT2D eigenvalue weighted by molar-refractivity contribution is 6.00. The van der Waals surface area contributed by atoms with Gasteiger partial charge in [-0.15, -0.1) is 0 Å². The van der Waals surface area contributed by atoms with E-state index in [4.69, 9.17) is 10.9 Å². The standard InChI is InChI=1S/C15H21N3O3/c16-14(18-21)15(9-3-1-2-4-10-15)17-13(20)11-5-7-12(19)8-6-11/h5-8,19,21H,1-4,9-10H2,(H2,16,18)(H,17,20). The molecule has 0 aromatic heterocycles. The first-order valence-electron chi connectivity index (χ1n) is 7.17. The Morgan fingerprint density at radius 1 is 1.14 bits per heavy atom. The lowest BCUT2D eigenvalue weighted by Crippen LogP contribution is -2.57. The molecule has 2 rings (SSSR count). The first-order valence-corrected chi connectivity index (χ1v) is 7.17. The Kier molecular flexibility index (Phi) is 4.67. The molecular formula is C15H21N3O3. The van der Waals surface area contributed by atoms with Crippen molar-refractivity contribution in [2.45, 2.75) is 44.1 Å². The van der Waals surface area contributed by atoms with Crippen molar-refractivity contribution in [3.8, 4) is 5.75 Å². The summed E-state index contributed by atoms with van der Waals surface area (Å²) in [5.41, 5.74) is 5.49. The zero-order chi connectivity index (χ0) is 15.3. The smallest absolute Gasteiger partial charge is 0.252 e. The molecule has 0 aliphatic heterocycles. The zero-order valence-corrected chi connectivity index (χ0v) is 11.9. The second-order valence-electron chi connectivity index (χ2n) is 5.48. The molecule has 1 aromatic carbocycles. The number of benzene rings is 1. The number of oxime groups is 1. The summed E-state index contributed by atoms with van der Waals surface area (Å²) >= 11 is 0. The van der Waals surface area contributed by atoms with Crippen molar-refractivity contribution in [1.82, 2.24) is 5.32 Å². The lowest BCUT2D eigenvalue weighted by Gasteiger charge is -2.32. The van der Waals surface area contributed by atoms with Crippen LogP contribution in [0.15, 0.2) is 29.4 Å². The average Bonchev–Trinajstić information content (AvgIpc) is 2.73. The van der Waals surface area contributed by atoms with Gasteiger partial charge in [0.2, 0.25) is 0 Å². The number of carbonyl (C=O) groups excluding carboxylic acids is 1. The van der Waals surface area contributed by atoms with E-state index >= 15 is 0 Å². The minimum absolute atomic E-state index is 0.0523. The van der Waals surface area contributed by atoms with E-state index in [2.05, 4.69) is 10.5 Å². The fraction of sp³-hybridized carbons (Fsp3) is 0.467. The first kappa shape index (κ1) is 15.2. The van der Waals surface area contributed by atoms with Crippen LogP contribution < -0.4 is 11.1 Å². The van der Waals surface area contributed by atoms with Crippen molar-refractivity contribution in [3.63, 3.8) is 0 Å². The van der Waals surface area contributed by atoms with Crippen molar-refractivity contribution >= 4 is 11.7 Å². The fourth-order valence-corrected chi connectivity index (χ4v) is 2.78. The van der Waals surface area contributed by atoms with Crippen molar-refractivity contribution < 1.29 is 15.1 Å². The van der Waals surface area contributed by atoms with Gasteiger partial charge in [0.1, 0.15) is 11.3 Å². The average molecular weight is 291 g/mol. The third kappa shape index (κ3) is 3.45. The van der Waals surface area contributed by atoms with Crippen LogP contribution in [0.2, 0.25) is 0 Å². The number of phenolic OH excluding ortho intramolecular Hbond substituents is 1. The Balaban J connectivity index is 2.22. The maximum Gasteiger partial charge on any atom is 0.252 e. The van der Waals surface area contributed by atoms with Gasteiger partial charge in [-0.05, 0) is 37.1 Å². The van der Waals surface area contributed by atoms with Gasteiger partial charge in [0, 0.05) is 5.56 Å². The summed E-state index contributed by atoms with van der Waals surface area (Å²) < 4.78 is 0. The Bertz CT molecular complexity index is 517. The molecule has 1 saturated carbocycles. The Morgan fingerprint density at radius 3 is 2.24 bits per heavy atom. The number of rotatable bonds is 3. The van der Waals surface area contributed by atoms with Crippen LogP contribution in [-0.2, 0) is 0 Å². The van der Waals surface area contributed by atoms with Crippen LogP contribution in [0.1, 0.15) is 48.9 Å². The predicted molar refractivity (Wildman–Crippen MR) is 79.4 cm³/mol. The first-order chi connectivity index (χ1) is 10.1. The van der Waals surface area contributed by atoms with Gasteiger partial charge in [-0.3, -0.25) is 4.79 Å². The summed E-state index contributed by atoms with van der Waals surface area (Å²) in [5.74, 6) is -0.132. The van der Waals surface area contributed by atoms with Crippen molar-refractivity contribution in [2.75, 3.05) is 0 Å². The molecule has 1 aromatic rings. The topological polar surface area (TPSA) is 108 Å². The van der Waals surface area contributed by atoms with Crippen molar-refractivity contribution in [1.29, 1.82) is 0 Å². The van der Waals surface area contributed by atoms with Gasteiger partial charge in [-0.1, -0.05) is 30.8 Å². The number of nitrogens with two attached hydrogens (primary N) is 1. The SMILES string of the molecule is N/C(=N/O)C1(NC(=O)c2ccc(O)cc2)CCCCCC1. The molecule has 0 bridgehead atoms. The highest BCUT2D eigenvalue weighted by Gasteiger charge is 2.37. The van der Waals surface area contributed by atoms with Gasteiger partial charge < -0.3 is 21.4 Å². The van der Waals surface area contributed by atoms with Gasteiger partial charge in [-0.2, -0.15) is 0 Å². The van der Waals surface area contributed by atoms with Crippen LogP contribution >= 0.6 is 0 Å².